The maximum Gasteiger partial charge on any atom is 0.413 e. The third-order valence-electron chi connectivity index (χ3n) is 7.17. The number of H-pyrrole nitrogens is 1. The number of allylic oxidation sites excluding steroid dienone is 2. The van der Waals surface area contributed by atoms with E-state index in [1.165, 1.54) is 19.1 Å². The molecule has 218 valence electrons. The summed E-state index contributed by atoms with van der Waals surface area (Å²) in [5.41, 5.74) is 7.92. The van der Waals surface area contributed by atoms with Crippen molar-refractivity contribution >= 4 is 29.4 Å². The van der Waals surface area contributed by atoms with E-state index in [2.05, 4.69) is 70.2 Å². The van der Waals surface area contributed by atoms with Gasteiger partial charge >= 0.3 is 6.09 Å². The molecule has 1 amide bonds. The number of aromatic amines is 1. The minimum atomic E-state index is -0.595. The molecule has 5 rings (SSSR count). The summed E-state index contributed by atoms with van der Waals surface area (Å²) in [7, 11) is 1.30. The van der Waals surface area contributed by atoms with Crippen molar-refractivity contribution in [3.63, 3.8) is 0 Å². The standard InChI is InChI=1S/C29H34N6O3.C3H8/c1-6-30-23-9-10-29(3,4)15-22(23)18(2)35-11-12-38-25-8-7-19(13-21(25)17-35)20-14-24-26(31-16-20)33-27(32-24)34-28(36)37-5;1-3-2/h6-8,13-14,16H,2,9-12,15,17H2,1,3-5H3,(H2,31,32,33,34,36);3H2,1-2H3. The van der Waals surface area contributed by atoms with Crippen LogP contribution >= 0.6 is 0 Å². The number of methoxy groups -OCH3 is 1. The summed E-state index contributed by atoms with van der Waals surface area (Å²) >= 11 is 0. The van der Waals surface area contributed by atoms with Gasteiger partial charge in [0, 0.05) is 41.5 Å². The number of aromatic nitrogens is 3. The zero-order valence-electron chi connectivity index (χ0n) is 25.1. The first kappa shape index (κ1) is 29.8. The predicted molar refractivity (Wildman–Crippen MR) is 165 cm³/mol. The molecule has 0 atom stereocenters. The molecule has 9 nitrogen and oxygen atoms in total. The lowest BCUT2D eigenvalue weighted by atomic mass is 9.75. The molecular weight excluding hydrogens is 516 g/mol. The first-order chi connectivity index (χ1) is 19.7. The van der Waals surface area contributed by atoms with Gasteiger partial charge in [-0.3, -0.25) is 10.3 Å². The summed E-state index contributed by atoms with van der Waals surface area (Å²) in [6.07, 6.45) is 7.38. The molecule has 1 aliphatic carbocycles. The van der Waals surface area contributed by atoms with Crippen LogP contribution in [-0.4, -0.2) is 52.4 Å². The molecule has 0 saturated carbocycles. The van der Waals surface area contributed by atoms with Crippen LogP contribution in [0.2, 0.25) is 0 Å². The molecule has 0 fully saturated rings. The topological polar surface area (TPSA) is 105 Å². The lowest BCUT2D eigenvalue weighted by Crippen LogP contribution is -2.29. The third-order valence-corrected chi connectivity index (χ3v) is 7.17. The van der Waals surface area contributed by atoms with Gasteiger partial charge in [0.1, 0.15) is 12.4 Å². The second-order valence-corrected chi connectivity index (χ2v) is 11.2. The van der Waals surface area contributed by atoms with Gasteiger partial charge in [-0.25, -0.2) is 9.78 Å². The zero-order valence-corrected chi connectivity index (χ0v) is 25.1. The molecular formula is C32H42N6O3. The van der Waals surface area contributed by atoms with Crippen LogP contribution in [0.5, 0.6) is 5.75 Å². The number of aliphatic imine (C=N–C) groups is 1. The number of imidazole rings is 1. The van der Waals surface area contributed by atoms with Crippen LogP contribution < -0.4 is 10.1 Å². The summed E-state index contributed by atoms with van der Waals surface area (Å²) in [5.74, 6) is 1.17. The highest BCUT2D eigenvalue weighted by atomic mass is 16.5. The average molecular weight is 559 g/mol. The average Bonchev–Trinajstić information content (AvgIpc) is 3.22. The molecule has 41 heavy (non-hydrogen) atoms. The van der Waals surface area contributed by atoms with Crippen molar-refractivity contribution in [1.82, 2.24) is 19.9 Å². The number of nitrogens with one attached hydrogen (secondary N) is 2. The van der Waals surface area contributed by atoms with Gasteiger partial charge in [-0.15, -0.1) is 0 Å². The van der Waals surface area contributed by atoms with Gasteiger partial charge in [-0.05, 0) is 60.9 Å². The summed E-state index contributed by atoms with van der Waals surface area (Å²) < 4.78 is 10.8. The number of rotatable bonds is 5. The minimum Gasteiger partial charge on any atom is -0.491 e. The maximum absolute atomic E-state index is 11.5. The molecule has 0 radical (unpaired) electrons. The van der Waals surface area contributed by atoms with Crippen LogP contribution in [0.3, 0.4) is 0 Å². The molecule has 0 unspecified atom stereocenters. The van der Waals surface area contributed by atoms with E-state index in [1.807, 2.05) is 31.3 Å². The van der Waals surface area contributed by atoms with Crippen molar-refractivity contribution in [2.75, 3.05) is 25.6 Å². The first-order valence-electron chi connectivity index (χ1n) is 14.3. The first-order valence-corrected chi connectivity index (χ1v) is 14.3. The van der Waals surface area contributed by atoms with Gasteiger partial charge in [0.2, 0.25) is 5.95 Å². The quantitative estimate of drug-likeness (QED) is 0.315. The lowest BCUT2D eigenvalue weighted by Gasteiger charge is -2.36. The number of carbonyl (C=O) groups excluding carboxylic acids is 1. The SMILES string of the molecule is C=C(C1=C(N=CC)CCC(C)(C)C1)N1CCOc2ccc(-c3cnc4nc(NC(=O)OC)[nH]c4c3)cc2C1.CCC. The van der Waals surface area contributed by atoms with Gasteiger partial charge in [-0.1, -0.05) is 46.8 Å². The normalized spacial score (nSPS) is 16.4. The number of amides is 1. The van der Waals surface area contributed by atoms with E-state index in [9.17, 15) is 4.79 Å². The fourth-order valence-corrected chi connectivity index (χ4v) is 5.10. The van der Waals surface area contributed by atoms with E-state index < -0.39 is 6.09 Å². The van der Waals surface area contributed by atoms with E-state index >= 15 is 0 Å². The Morgan fingerprint density at radius 3 is 2.80 bits per heavy atom. The summed E-state index contributed by atoms with van der Waals surface area (Å²) in [6, 6.07) is 8.18. The molecule has 9 heteroatoms. The molecule has 2 aromatic heterocycles. The molecule has 0 bridgehead atoms. The van der Waals surface area contributed by atoms with E-state index in [4.69, 9.17) is 9.73 Å². The number of ether oxygens (including phenoxy) is 2. The predicted octanol–water partition coefficient (Wildman–Crippen LogP) is 7.48. The third kappa shape index (κ3) is 7.14. The summed E-state index contributed by atoms with van der Waals surface area (Å²) in [6.45, 7) is 17.4. The molecule has 3 aromatic rings. The Morgan fingerprint density at radius 2 is 2.07 bits per heavy atom. The van der Waals surface area contributed by atoms with Crippen molar-refractivity contribution in [1.29, 1.82) is 0 Å². The van der Waals surface area contributed by atoms with Crippen molar-refractivity contribution in [3.05, 3.63) is 59.6 Å². The number of anilines is 1. The van der Waals surface area contributed by atoms with Crippen molar-refractivity contribution in [2.45, 2.75) is 66.8 Å². The monoisotopic (exact) mass is 558 g/mol. The van der Waals surface area contributed by atoms with E-state index in [1.54, 1.807) is 6.20 Å². The Hall–Kier alpha value is -4.14. The Balaban J connectivity index is 0.00000124. The highest BCUT2D eigenvalue weighted by Crippen LogP contribution is 2.43. The smallest absolute Gasteiger partial charge is 0.413 e. The van der Waals surface area contributed by atoms with Gasteiger partial charge in [0.05, 0.1) is 19.2 Å². The van der Waals surface area contributed by atoms with Crippen molar-refractivity contribution in [3.8, 4) is 16.9 Å². The number of hydrogen-bond acceptors (Lipinski definition) is 7. The minimum absolute atomic E-state index is 0.225. The van der Waals surface area contributed by atoms with Crippen molar-refractivity contribution < 1.29 is 14.3 Å². The zero-order chi connectivity index (χ0) is 29.6. The summed E-state index contributed by atoms with van der Waals surface area (Å²) in [5, 5.41) is 2.54. The summed E-state index contributed by atoms with van der Waals surface area (Å²) in [4.78, 5) is 30.4. The fourth-order valence-electron chi connectivity index (χ4n) is 5.10. The molecule has 1 aromatic carbocycles. The number of pyridine rings is 1. The Kier molecular flexibility index (Phi) is 9.47. The number of benzene rings is 1. The number of fused-ring (bicyclic) bond motifs is 2. The molecule has 1 aliphatic heterocycles. The van der Waals surface area contributed by atoms with Gasteiger partial charge < -0.3 is 19.4 Å². The molecule has 0 spiro atoms. The second kappa shape index (κ2) is 13.0. The second-order valence-electron chi connectivity index (χ2n) is 11.2. The van der Waals surface area contributed by atoms with E-state index in [0.717, 1.165) is 59.6 Å². The van der Waals surface area contributed by atoms with Crippen LogP contribution in [0, 0.1) is 5.41 Å². The van der Waals surface area contributed by atoms with Crippen LogP contribution in [0.25, 0.3) is 22.3 Å². The van der Waals surface area contributed by atoms with Gasteiger partial charge in [-0.2, -0.15) is 4.98 Å². The molecule has 3 heterocycles. The van der Waals surface area contributed by atoms with Crippen LogP contribution in [-0.2, 0) is 11.3 Å². The highest BCUT2D eigenvalue weighted by Gasteiger charge is 2.30. The van der Waals surface area contributed by atoms with E-state index in [0.29, 0.717) is 24.3 Å². The Morgan fingerprint density at radius 1 is 1.29 bits per heavy atom. The largest absolute Gasteiger partial charge is 0.491 e. The number of nitrogens with zero attached hydrogens (tertiary/aromatic N) is 4. The van der Waals surface area contributed by atoms with Gasteiger partial charge in [0.15, 0.2) is 5.65 Å². The lowest BCUT2D eigenvalue weighted by molar-refractivity contribution is 0.186. The molecule has 2 N–H and O–H groups in total. The molecule has 0 saturated heterocycles. The number of carbonyl (C=O) groups is 1. The highest BCUT2D eigenvalue weighted by molar-refractivity contribution is 5.86. The van der Waals surface area contributed by atoms with E-state index in [-0.39, 0.29) is 11.4 Å². The van der Waals surface area contributed by atoms with Crippen LogP contribution in [0.4, 0.5) is 10.7 Å². The Labute approximate surface area is 242 Å². The van der Waals surface area contributed by atoms with Crippen LogP contribution in [0.1, 0.15) is 65.9 Å². The fraction of sp³-hybridized carbons (Fsp3) is 0.438. The van der Waals surface area contributed by atoms with Crippen molar-refractivity contribution in [2.24, 2.45) is 10.4 Å². The molecule has 2 aliphatic rings. The number of hydrogen-bond donors (Lipinski definition) is 2. The van der Waals surface area contributed by atoms with Crippen LogP contribution in [0.15, 0.2) is 59.0 Å². The van der Waals surface area contributed by atoms with Gasteiger partial charge in [0.25, 0.3) is 0 Å². The Bertz CT molecular complexity index is 1470. The maximum atomic E-state index is 11.5.